The average Bonchev–Trinajstić information content (AvgIpc) is 2.85. The largest absolute Gasteiger partial charge is 0.342 e. The maximum atomic E-state index is 12.1. The molecule has 0 saturated carbocycles. The summed E-state index contributed by atoms with van der Waals surface area (Å²) >= 11 is 0. The summed E-state index contributed by atoms with van der Waals surface area (Å²) in [6.45, 7) is 6.06. The van der Waals surface area contributed by atoms with Gasteiger partial charge in [-0.05, 0) is 29.5 Å². The molecular weight excluding hydrogens is 262 g/mol. The maximum Gasteiger partial charge on any atom is 0.225 e. The number of nitrogens with zero attached hydrogens (tertiary/aromatic N) is 2. The van der Waals surface area contributed by atoms with Gasteiger partial charge in [-0.25, -0.2) is 0 Å². The van der Waals surface area contributed by atoms with Crippen LogP contribution < -0.4 is 5.73 Å². The van der Waals surface area contributed by atoms with Gasteiger partial charge in [0.15, 0.2) is 0 Å². The fourth-order valence-electron chi connectivity index (χ4n) is 3.37. The van der Waals surface area contributed by atoms with Gasteiger partial charge >= 0.3 is 0 Å². The molecule has 4 nitrogen and oxygen atoms in total. The molecule has 1 spiro atoms. The van der Waals surface area contributed by atoms with E-state index in [0.29, 0.717) is 6.54 Å². The molecule has 0 radical (unpaired) electrons. The first-order chi connectivity index (χ1) is 10.1. The summed E-state index contributed by atoms with van der Waals surface area (Å²) in [4.78, 5) is 18.9. The summed E-state index contributed by atoms with van der Waals surface area (Å²) in [7, 11) is 0. The molecule has 0 aliphatic carbocycles. The summed E-state index contributed by atoms with van der Waals surface area (Å²) in [6, 6.07) is 6.38. The molecule has 2 aliphatic rings. The first-order valence-electron chi connectivity index (χ1n) is 7.73. The van der Waals surface area contributed by atoms with Gasteiger partial charge < -0.3 is 10.6 Å². The number of piperidine rings is 1. The highest BCUT2D eigenvalue weighted by atomic mass is 16.2. The summed E-state index contributed by atoms with van der Waals surface area (Å²) in [5.41, 5.74) is 9.28. The quantitative estimate of drug-likeness (QED) is 0.904. The Hall–Kier alpha value is -1.68. The minimum Gasteiger partial charge on any atom is -0.342 e. The Balaban J connectivity index is 1.81. The molecular formula is C17H23N3O. The lowest BCUT2D eigenvalue weighted by molar-refractivity contribution is -0.136. The van der Waals surface area contributed by atoms with Crippen molar-refractivity contribution in [3.8, 4) is 0 Å². The lowest BCUT2D eigenvalue weighted by Crippen LogP contribution is -2.45. The van der Waals surface area contributed by atoms with E-state index in [1.54, 1.807) is 0 Å². The second-order valence-electron chi connectivity index (χ2n) is 6.40. The van der Waals surface area contributed by atoms with Crippen molar-refractivity contribution < 1.29 is 4.79 Å². The maximum absolute atomic E-state index is 12.1. The zero-order valence-electron chi connectivity index (χ0n) is 12.8. The average molecular weight is 285 g/mol. The first kappa shape index (κ1) is 14.3. The van der Waals surface area contributed by atoms with Crippen LogP contribution in [0.1, 0.15) is 43.4 Å². The second kappa shape index (κ2) is 5.26. The Bertz CT molecular complexity index is 584. The zero-order chi connectivity index (χ0) is 15.0. The lowest BCUT2D eigenvalue weighted by Gasteiger charge is -2.39. The number of hydrogen-bond acceptors (Lipinski definition) is 3. The molecule has 112 valence electrons. The van der Waals surface area contributed by atoms with E-state index in [4.69, 9.17) is 10.7 Å². The van der Waals surface area contributed by atoms with E-state index in [2.05, 4.69) is 18.2 Å². The Labute approximate surface area is 126 Å². The van der Waals surface area contributed by atoms with Gasteiger partial charge in [-0.3, -0.25) is 9.79 Å². The van der Waals surface area contributed by atoms with Gasteiger partial charge in [0.2, 0.25) is 5.91 Å². The molecule has 0 bridgehead atoms. The summed E-state index contributed by atoms with van der Waals surface area (Å²) in [5.74, 6) is 0.324. The molecule has 0 atom stereocenters. The Morgan fingerprint density at radius 2 is 2.10 bits per heavy atom. The van der Waals surface area contributed by atoms with E-state index >= 15 is 0 Å². The molecule has 3 rings (SSSR count). The van der Waals surface area contributed by atoms with E-state index in [9.17, 15) is 4.79 Å². The number of fused-ring (bicyclic) bond motifs is 2. The van der Waals surface area contributed by atoms with Crippen molar-refractivity contribution in [2.75, 3.05) is 13.1 Å². The van der Waals surface area contributed by atoms with Crippen molar-refractivity contribution in [3.05, 3.63) is 34.9 Å². The summed E-state index contributed by atoms with van der Waals surface area (Å²) in [6.07, 6.45) is 3.79. The molecule has 1 aromatic carbocycles. The van der Waals surface area contributed by atoms with Crippen LogP contribution >= 0.6 is 0 Å². The molecule has 0 unspecified atom stereocenters. The van der Waals surface area contributed by atoms with Gasteiger partial charge in [0, 0.05) is 31.8 Å². The third kappa shape index (κ3) is 2.38. The van der Waals surface area contributed by atoms with Gasteiger partial charge in [-0.2, -0.15) is 0 Å². The lowest BCUT2D eigenvalue weighted by atomic mass is 9.80. The number of rotatable bonds is 2. The number of nitrogens with two attached hydrogens (primary N) is 1. The Morgan fingerprint density at radius 1 is 1.38 bits per heavy atom. The van der Waals surface area contributed by atoms with E-state index in [0.717, 1.165) is 31.5 Å². The van der Waals surface area contributed by atoms with Crippen LogP contribution in [0.5, 0.6) is 0 Å². The number of hydrogen-bond donors (Lipinski definition) is 1. The second-order valence-corrected chi connectivity index (χ2v) is 6.40. The highest BCUT2D eigenvalue weighted by molar-refractivity contribution is 5.86. The van der Waals surface area contributed by atoms with Crippen molar-refractivity contribution in [2.45, 2.75) is 38.8 Å². The zero-order valence-corrected chi connectivity index (χ0v) is 12.8. The molecule has 1 amide bonds. The van der Waals surface area contributed by atoms with Gasteiger partial charge in [0.25, 0.3) is 0 Å². The van der Waals surface area contributed by atoms with Crippen LogP contribution in [0.25, 0.3) is 0 Å². The first-order valence-corrected chi connectivity index (χ1v) is 7.73. The van der Waals surface area contributed by atoms with Crippen molar-refractivity contribution in [1.82, 2.24) is 4.90 Å². The van der Waals surface area contributed by atoms with E-state index in [-0.39, 0.29) is 17.4 Å². The molecule has 1 fully saturated rings. The van der Waals surface area contributed by atoms with Gasteiger partial charge in [-0.15, -0.1) is 0 Å². The van der Waals surface area contributed by atoms with Crippen LogP contribution in [0.3, 0.4) is 0 Å². The van der Waals surface area contributed by atoms with Gasteiger partial charge in [0.05, 0.1) is 5.54 Å². The van der Waals surface area contributed by atoms with E-state index in [1.165, 1.54) is 11.1 Å². The molecule has 1 saturated heterocycles. The van der Waals surface area contributed by atoms with Gasteiger partial charge in [0.1, 0.15) is 0 Å². The minimum absolute atomic E-state index is 0.0715. The van der Waals surface area contributed by atoms with Crippen molar-refractivity contribution >= 4 is 12.1 Å². The number of likely N-dealkylation sites (tertiary alicyclic amines) is 1. The molecule has 2 N–H and O–H groups in total. The predicted octanol–water partition coefficient (Wildman–Crippen LogP) is 2.05. The van der Waals surface area contributed by atoms with Crippen LogP contribution in [0, 0.1) is 5.92 Å². The summed E-state index contributed by atoms with van der Waals surface area (Å²) in [5, 5.41) is 0. The Kier molecular flexibility index (Phi) is 3.57. The highest BCUT2D eigenvalue weighted by Gasteiger charge is 2.40. The number of amides is 1. The predicted molar refractivity (Wildman–Crippen MR) is 84.3 cm³/mol. The molecule has 21 heavy (non-hydrogen) atoms. The number of benzene rings is 1. The Morgan fingerprint density at radius 3 is 2.71 bits per heavy atom. The van der Waals surface area contributed by atoms with E-state index < -0.39 is 0 Å². The highest BCUT2D eigenvalue weighted by Crippen LogP contribution is 2.42. The molecule has 4 heteroatoms. The van der Waals surface area contributed by atoms with Crippen LogP contribution in [0.15, 0.2) is 23.2 Å². The number of carbonyl (C=O) groups is 1. The van der Waals surface area contributed by atoms with Gasteiger partial charge in [-0.1, -0.05) is 32.0 Å². The molecule has 2 heterocycles. The van der Waals surface area contributed by atoms with Crippen molar-refractivity contribution in [1.29, 1.82) is 0 Å². The molecule has 1 aromatic rings. The molecule has 0 aromatic heterocycles. The monoisotopic (exact) mass is 285 g/mol. The third-order valence-electron chi connectivity index (χ3n) is 4.70. The van der Waals surface area contributed by atoms with E-state index in [1.807, 2.05) is 25.0 Å². The normalized spacial score (nSPS) is 19.3. The van der Waals surface area contributed by atoms with Crippen LogP contribution in [0.2, 0.25) is 0 Å². The topological polar surface area (TPSA) is 58.7 Å². The van der Waals surface area contributed by atoms with Crippen LogP contribution in [-0.2, 0) is 16.9 Å². The minimum atomic E-state index is -0.131. The van der Waals surface area contributed by atoms with Crippen LogP contribution in [0.4, 0.5) is 0 Å². The molecule has 2 aliphatic heterocycles. The standard InChI is InChI=1S/C17H23N3O/c1-12(2)16(21)20-7-5-17(6-8-20)15-9-13(10-18)3-4-14(15)11-19-17/h3-4,9,11-12H,5-8,10,18H2,1-2H3. The third-order valence-corrected chi connectivity index (χ3v) is 4.70. The van der Waals surface area contributed by atoms with Crippen LogP contribution in [-0.4, -0.2) is 30.1 Å². The van der Waals surface area contributed by atoms with Crippen molar-refractivity contribution in [3.63, 3.8) is 0 Å². The fraction of sp³-hybridized carbons (Fsp3) is 0.529. The number of carbonyl (C=O) groups excluding carboxylic acids is 1. The van der Waals surface area contributed by atoms with Crippen molar-refractivity contribution in [2.24, 2.45) is 16.6 Å². The SMILES string of the molecule is CC(C)C(=O)N1CCC2(CC1)N=Cc1ccc(CN)cc12. The summed E-state index contributed by atoms with van der Waals surface area (Å²) < 4.78 is 0. The number of aliphatic imine (C=N–C) groups is 1. The fourth-order valence-corrected chi connectivity index (χ4v) is 3.37. The smallest absolute Gasteiger partial charge is 0.225 e.